The number of ketones is 1. The van der Waals surface area contributed by atoms with Crippen LogP contribution in [0.4, 0.5) is 0 Å². The zero-order valence-corrected chi connectivity index (χ0v) is 8.81. The van der Waals surface area contributed by atoms with Crippen molar-refractivity contribution in [1.82, 2.24) is 10.3 Å². The number of amides is 1. The lowest BCUT2D eigenvalue weighted by atomic mass is 10.1. The van der Waals surface area contributed by atoms with E-state index in [9.17, 15) is 9.59 Å². The van der Waals surface area contributed by atoms with E-state index in [4.69, 9.17) is 0 Å². The summed E-state index contributed by atoms with van der Waals surface area (Å²) in [7, 11) is 0. The molecule has 1 aliphatic heterocycles. The van der Waals surface area contributed by atoms with Crippen molar-refractivity contribution < 1.29 is 9.59 Å². The monoisotopic (exact) mass is 224 g/mol. The molecule has 4 heteroatoms. The fourth-order valence-electron chi connectivity index (χ4n) is 1.88. The van der Waals surface area contributed by atoms with Gasteiger partial charge >= 0.3 is 0 Å². The lowest BCUT2D eigenvalue weighted by Gasteiger charge is -2.06. The third kappa shape index (κ3) is 1.50. The van der Waals surface area contributed by atoms with E-state index in [1.807, 2.05) is 30.3 Å². The molecule has 1 aromatic heterocycles. The van der Waals surface area contributed by atoms with Crippen molar-refractivity contribution in [2.45, 2.75) is 0 Å². The minimum absolute atomic E-state index is 0.518. The Kier molecular flexibility index (Phi) is 2.01. The van der Waals surface area contributed by atoms with Gasteiger partial charge in [-0.3, -0.25) is 14.6 Å². The highest BCUT2D eigenvalue weighted by Gasteiger charge is 2.23. The van der Waals surface area contributed by atoms with Crippen LogP contribution in [0.5, 0.6) is 0 Å². The Hall–Kier alpha value is -2.49. The zero-order valence-electron chi connectivity index (χ0n) is 8.81. The van der Waals surface area contributed by atoms with Crippen molar-refractivity contribution in [3.05, 3.63) is 48.2 Å². The van der Waals surface area contributed by atoms with Crippen molar-refractivity contribution in [2.75, 3.05) is 0 Å². The van der Waals surface area contributed by atoms with Gasteiger partial charge in [0.1, 0.15) is 0 Å². The van der Waals surface area contributed by atoms with Crippen LogP contribution in [0.15, 0.2) is 42.6 Å². The van der Waals surface area contributed by atoms with Crippen LogP contribution in [0.25, 0.3) is 16.6 Å². The summed E-state index contributed by atoms with van der Waals surface area (Å²) in [5, 5.41) is 3.52. The summed E-state index contributed by atoms with van der Waals surface area (Å²) < 4.78 is 0. The molecule has 0 fully saturated rings. The molecule has 4 nitrogen and oxygen atoms in total. The molecule has 82 valence electrons. The molecule has 0 aliphatic carbocycles. The number of rotatable bonds is 1. The second-order valence-corrected chi connectivity index (χ2v) is 3.76. The lowest BCUT2D eigenvalue weighted by molar-refractivity contribution is -0.133. The molecule has 3 rings (SSSR count). The Bertz CT molecular complexity index is 669. The van der Waals surface area contributed by atoms with Crippen LogP contribution in [0.3, 0.4) is 0 Å². The number of fused-ring (bicyclic) bond motifs is 1. The van der Waals surface area contributed by atoms with Crippen molar-refractivity contribution in [2.24, 2.45) is 0 Å². The van der Waals surface area contributed by atoms with Gasteiger partial charge in [-0.25, -0.2) is 0 Å². The highest BCUT2D eigenvalue weighted by atomic mass is 16.2. The summed E-state index contributed by atoms with van der Waals surface area (Å²) in [4.78, 5) is 26.6. The number of nitrogens with one attached hydrogen (secondary N) is 1. The van der Waals surface area contributed by atoms with Crippen LogP contribution in [0, 0.1) is 0 Å². The summed E-state index contributed by atoms with van der Waals surface area (Å²) in [6.45, 7) is 0. The topological polar surface area (TPSA) is 59.1 Å². The van der Waals surface area contributed by atoms with Gasteiger partial charge in [0.2, 0.25) is 5.78 Å². The summed E-state index contributed by atoms with van der Waals surface area (Å²) in [6.07, 6.45) is 3.00. The van der Waals surface area contributed by atoms with E-state index < -0.39 is 11.7 Å². The molecule has 0 bridgehead atoms. The van der Waals surface area contributed by atoms with Crippen LogP contribution < -0.4 is 5.32 Å². The summed E-state index contributed by atoms with van der Waals surface area (Å²) in [5.41, 5.74) is 2.06. The van der Waals surface area contributed by atoms with E-state index in [0.29, 0.717) is 5.70 Å². The van der Waals surface area contributed by atoms with Gasteiger partial charge < -0.3 is 5.32 Å². The number of hydrogen-bond acceptors (Lipinski definition) is 3. The Morgan fingerprint density at radius 1 is 1.06 bits per heavy atom. The largest absolute Gasteiger partial charge is 0.318 e. The minimum Gasteiger partial charge on any atom is -0.318 e. The first kappa shape index (κ1) is 9.72. The molecule has 1 aliphatic rings. The standard InChI is InChI=1S/C13H8N2O2/c16-11-7-10(15-13(11)17)9-5-1-3-8-4-2-6-14-12(8)9/h1-7H,(H,15,16,17). The van der Waals surface area contributed by atoms with Gasteiger partial charge in [0.15, 0.2) is 0 Å². The Balaban J connectivity index is 2.22. The van der Waals surface area contributed by atoms with Crippen LogP contribution in [-0.2, 0) is 9.59 Å². The number of hydrogen-bond donors (Lipinski definition) is 1. The fourth-order valence-corrected chi connectivity index (χ4v) is 1.88. The first-order chi connectivity index (χ1) is 8.25. The predicted octanol–water partition coefficient (Wildman–Crippen LogP) is 1.27. The lowest BCUT2D eigenvalue weighted by Crippen LogP contribution is -2.20. The first-order valence-electron chi connectivity index (χ1n) is 5.17. The van der Waals surface area contributed by atoms with Crippen molar-refractivity contribution in [3.63, 3.8) is 0 Å². The minimum atomic E-state index is -0.590. The molecule has 17 heavy (non-hydrogen) atoms. The number of para-hydroxylation sites is 1. The number of carbonyl (C=O) groups excluding carboxylic acids is 2. The van der Waals surface area contributed by atoms with Gasteiger partial charge in [0.05, 0.1) is 11.2 Å². The van der Waals surface area contributed by atoms with E-state index in [-0.39, 0.29) is 0 Å². The highest BCUT2D eigenvalue weighted by Crippen LogP contribution is 2.23. The Morgan fingerprint density at radius 2 is 1.88 bits per heavy atom. The molecule has 0 unspecified atom stereocenters. The van der Waals surface area contributed by atoms with Gasteiger partial charge in [0.25, 0.3) is 5.91 Å². The summed E-state index contributed by atoms with van der Waals surface area (Å²) in [5.74, 6) is -1.11. The zero-order chi connectivity index (χ0) is 11.8. The number of pyridine rings is 1. The average Bonchev–Trinajstić information content (AvgIpc) is 2.69. The molecule has 0 saturated heterocycles. The number of nitrogens with zero attached hydrogens (tertiary/aromatic N) is 1. The molecule has 1 N–H and O–H groups in total. The van der Waals surface area contributed by atoms with Crippen LogP contribution in [-0.4, -0.2) is 16.7 Å². The van der Waals surface area contributed by atoms with Gasteiger partial charge in [-0.05, 0) is 6.07 Å². The molecule has 0 atom stereocenters. The normalized spacial score (nSPS) is 14.9. The van der Waals surface area contributed by atoms with Crippen LogP contribution >= 0.6 is 0 Å². The fraction of sp³-hybridized carbons (Fsp3) is 0. The molecule has 1 amide bonds. The third-order valence-corrected chi connectivity index (χ3v) is 2.67. The molecular weight excluding hydrogens is 216 g/mol. The van der Waals surface area contributed by atoms with E-state index in [1.165, 1.54) is 6.08 Å². The SMILES string of the molecule is O=C1C=C(c2cccc3cccnc23)NC1=O. The smallest absolute Gasteiger partial charge is 0.296 e. The maximum absolute atomic E-state index is 11.2. The third-order valence-electron chi connectivity index (χ3n) is 2.67. The molecule has 1 aromatic carbocycles. The Labute approximate surface area is 97.0 Å². The van der Waals surface area contributed by atoms with E-state index in [1.54, 1.807) is 6.20 Å². The first-order valence-corrected chi connectivity index (χ1v) is 5.17. The predicted molar refractivity (Wildman–Crippen MR) is 62.9 cm³/mol. The van der Waals surface area contributed by atoms with Crippen molar-refractivity contribution in [1.29, 1.82) is 0 Å². The van der Waals surface area contributed by atoms with Gasteiger partial charge in [-0.15, -0.1) is 0 Å². The van der Waals surface area contributed by atoms with Gasteiger partial charge in [-0.1, -0.05) is 24.3 Å². The summed E-state index contributed by atoms with van der Waals surface area (Å²) >= 11 is 0. The number of benzene rings is 1. The van der Waals surface area contributed by atoms with E-state index in [0.717, 1.165) is 16.5 Å². The van der Waals surface area contributed by atoms with Crippen molar-refractivity contribution >= 4 is 28.3 Å². The van der Waals surface area contributed by atoms with E-state index in [2.05, 4.69) is 10.3 Å². The molecule has 0 spiro atoms. The number of carbonyl (C=O) groups is 2. The quantitative estimate of drug-likeness (QED) is 0.742. The molecule has 0 radical (unpaired) electrons. The molecule has 0 saturated carbocycles. The molecule has 2 heterocycles. The van der Waals surface area contributed by atoms with Crippen molar-refractivity contribution in [3.8, 4) is 0 Å². The van der Waals surface area contributed by atoms with Crippen LogP contribution in [0.2, 0.25) is 0 Å². The number of aromatic nitrogens is 1. The maximum Gasteiger partial charge on any atom is 0.296 e. The average molecular weight is 224 g/mol. The molecule has 2 aromatic rings. The van der Waals surface area contributed by atoms with E-state index >= 15 is 0 Å². The molecular formula is C13H8N2O2. The second kappa shape index (κ2) is 3.52. The van der Waals surface area contributed by atoms with Gasteiger partial charge in [-0.2, -0.15) is 0 Å². The second-order valence-electron chi connectivity index (χ2n) is 3.76. The summed E-state index contributed by atoms with van der Waals surface area (Å²) in [6, 6.07) is 9.42. The Morgan fingerprint density at radius 3 is 2.65 bits per heavy atom. The van der Waals surface area contributed by atoms with Crippen LogP contribution in [0.1, 0.15) is 5.56 Å². The highest BCUT2D eigenvalue weighted by molar-refractivity contribution is 6.46. The van der Waals surface area contributed by atoms with Gasteiger partial charge in [0, 0.05) is 23.2 Å². The maximum atomic E-state index is 11.2.